The van der Waals surface area contributed by atoms with Crippen LogP contribution in [-0.2, 0) is 9.59 Å². The number of fused-ring (bicyclic) bond motifs is 1. The van der Waals surface area contributed by atoms with E-state index in [1.165, 1.54) is 17.0 Å². The van der Waals surface area contributed by atoms with Crippen molar-refractivity contribution in [3.05, 3.63) is 35.4 Å². The fourth-order valence-corrected chi connectivity index (χ4v) is 3.15. The van der Waals surface area contributed by atoms with Crippen LogP contribution in [0.3, 0.4) is 0 Å². The number of benzene rings is 1. The number of nitrogens with zero attached hydrogens (tertiary/aromatic N) is 3. The van der Waals surface area contributed by atoms with E-state index in [0.29, 0.717) is 4.90 Å². The first-order valence-corrected chi connectivity index (χ1v) is 8.29. The summed E-state index contributed by atoms with van der Waals surface area (Å²) in [4.78, 5) is 50.9. The zero-order valence-electron chi connectivity index (χ0n) is 14.2. The topological polar surface area (TPSA) is 78.0 Å². The molecule has 2 aliphatic rings. The molecule has 2 heterocycles. The van der Waals surface area contributed by atoms with Crippen molar-refractivity contribution >= 4 is 23.6 Å². The van der Waals surface area contributed by atoms with Crippen molar-refractivity contribution < 1.29 is 32.3 Å². The SMILES string of the molecule is O=C(CCN1C(=O)c2ccccc2C1=O)N1CCN(C(=O)C(F)(F)F)CC1. The van der Waals surface area contributed by atoms with E-state index in [-0.39, 0.29) is 56.2 Å². The van der Waals surface area contributed by atoms with E-state index in [1.807, 2.05) is 0 Å². The van der Waals surface area contributed by atoms with Crippen LogP contribution in [0.25, 0.3) is 0 Å². The van der Waals surface area contributed by atoms with Crippen LogP contribution in [0.15, 0.2) is 24.3 Å². The maximum Gasteiger partial charge on any atom is 0.471 e. The van der Waals surface area contributed by atoms with Gasteiger partial charge >= 0.3 is 12.1 Å². The number of rotatable bonds is 3. The summed E-state index contributed by atoms with van der Waals surface area (Å²) in [6.45, 7) is -0.577. The number of hydrogen-bond donors (Lipinski definition) is 0. The largest absolute Gasteiger partial charge is 0.471 e. The second-order valence-electron chi connectivity index (χ2n) is 6.23. The fourth-order valence-electron chi connectivity index (χ4n) is 3.15. The highest BCUT2D eigenvalue weighted by molar-refractivity contribution is 6.21. The standard InChI is InChI=1S/C17H16F3N3O4/c18-17(19,20)16(27)22-9-7-21(8-10-22)13(24)5-6-23-14(25)11-3-1-2-4-12(11)15(23)26/h1-4H,5-10H2. The van der Waals surface area contributed by atoms with Gasteiger partial charge in [-0.1, -0.05) is 12.1 Å². The van der Waals surface area contributed by atoms with Crippen molar-refractivity contribution in [2.24, 2.45) is 0 Å². The van der Waals surface area contributed by atoms with Crippen molar-refractivity contribution in [1.82, 2.24) is 14.7 Å². The lowest BCUT2D eigenvalue weighted by Gasteiger charge is -2.35. The van der Waals surface area contributed by atoms with Gasteiger partial charge in [0, 0.05) is 39.1 Å². The molecule has 3 rings (SSSR count). The Morgan fingerprint density at radius 3 is 1.85 bits per heavy atom. The van der Waals surface area contributed by atoms with E-state index in [4.69, 9.17) is 0 Å². The Morgan fingerprint density at radius 2 is 1.37 bits per heavy atom. The molecule has 1 saturated heterocycles. The van der Waals surface area contributed by atoms with Crippen molar-refractivity contribution in [3.8, 4) is 0 Å². The van der Waals surface area contributed by atoms with E-state index in [1.54, 1.807) is 12.1 Å². The lowest BCUT2D eigenvalue weighted by Crippen LogP contribution is -2.53. The molecule has 10 heteroatoms. The molecule has 0 aliphatic carbocycles. The van der Waals surface area contributed by atoms with Crippen molar-refractivity contribution in [3.63, 3.8) is 0 Å². The molecule has 0 unspecified atom stereocenters. The Bertz CT molecular complexity index is 766. The van der Waals surface area contributed by atoms with Gasteiger partial charge in [0.15, 0.2) is 0 Å². The molecular weight excluding hydrogens is 367 g/mol. The first kappa shape index (κ1) is 18.9. The third kappa shape index (κ3) is 3.64. The van der Waals surface area contributed by atoms with Gasteiger partial charge < -0.3 is 9.80 Å². The Kier molecular flexibility index (Phi) is 4.90. The molecule has 0 bridgehead atoms. The molecule has 0 N–H and O–H groups in total. The van der Waals surface area contributed by atoms with E-state index >= 15 is 0 Å². The predicted octanol–water partition coefficient (Wildman–Crippen LogP) is 0.906. The summed E-state index contributed by atoms with van der Waals surface area (Å²) in [6.07, 6.45) is -5.06. The quantitative estimate of drug-likeness (QED) is 0.727. The summed E-state index contributed by atoms with van der Waals surface area (Å²) in [5, 5.41) is 0. The van der Waals surface area contributed by atoms with E-state index in [9.17, 15) is 32.3 Å². The maximum absolute atomic E-state index is 12.4. The van der Waals surface area contributed by atoms with Crippen molar-refractivity contribution in [2.75, 3.05) is 32.7 Å². The molecule has 1 fully saturated rings. The van der Waals surface area contributed by atoms with Crippen LogP contribution in [-0.4, -0.2) is 77.2 Å². The van der Waals surface area contributed by atoms with E-state index in [0.717, 1.165) is 4.90 Å². The third-order valence-corrected chi connectivity index (χ3v) is 4.59. The summed E-state index contributed by atoms with van der Waals surface area (Å²) in [6, 6.07) is 6.35. The Balaban J connectivity index is 1.52. The average molecular weight is 383 g/mol. The number of hydrogen-bond acceptors (Lipinski definition) is 4. The second-order valence-corrected chi connectivity index (χ2v) is 6.23. The average Bonchev–Trinajstić information content (AvgIpc) is 2.89. The van der Waals surface area contributed by atoms with Crippen LogP contribution in [0, 0.1) is 0 Å². The zero-order valence-corrected chi connectivity index (χ0v) is 14.2. The van der Waals surface area contributed by atoms with Crippen molar-refractivity contribution in [1.29, 1.82) is 0 Å². The first-order valence-electron chi connectivity index (χ1n) is 8.29. The van der Waals surface area contributed by atoms with Crippen LogP contribution in [0.1, 0.15) is 27.1 Å². The molecule has 0 spiro atoms. The first-order chi connectivity index (χ1) is 12.7. The molecule has 0 aromatic heterocycles. The third-order valence-electron chi connectivity index (χ3n) is 4.59. The van der Waals surface area contributed by atoms with E-state index in [2.05, 4.69) is 0 Å². The van der Waals surface area contributed by atoms with E-state index < -0.39 is 23.9 Å². The highest BCUT2D eigenvalue weighted by Gasteiger charge is 2.43. The van der Waals surface area contributed by atoms with Crippen LogP contribution in [0.4, 0.5) is 13.2 Å². The fraction of sp³-hybridized carbons (Fsp3) is 0.412. The molecule has 1 aromatic carbocycles. The Hall–Kier alpha value is -2.91. The lowest BCUT2D eigenvalue weighted by atomic mass is 10.1. The van der Waals surface area contributed by atoms with Gasteiger partial charge in [0.05, 0.1) is 11.1 Å². The number of carbonyl (C=O) groups is 4. The summed E-state index contributed by atoms with van der Waals surface area (Å²) in [5.74, 6) is -3.24. The summed E-state index contributed by atoms with van der Waals surface area (Å²) in [7, 11) is 0. The zero-order chi connectivity index (χ0) is 19.8. The highest BCUT2D eigenvalue weighted by atomic mass is 19.4. The smallest absolute Gasteiger partial charge is 0.339 e. The Morgan fingerprint density at radius 1 is 0.889 bits per heavy atom. The van der Waals surface area contributed by atoms with Crippen LogP contribution >= 0.6 is 0 Å². The molecule has 7 nitrogen and oxygen atoms in total. The normalized spacial score (nSPS) is 17.4. The second kappa shape index (κ2) is 7.01. The number of amides is 4. The summed E-state index contributed by atoms with van der Waals surface area (Å²) in [5.41, 5.74) is 0.573. The number of alkyl halides is 3. The van der Waals surface area contributed by atoms with Crippen molar-refractivity contribution in [2.45, 2.75) is 12.6 Å². The van der Waals surface area contributed by atoms with Gasteiger partial charge in [-0.2, -0.15) is 13.2 Å². The van der Waals surface area contributed by atoms with Gasteiger partial charge in [0.2, 0.25) is 5.91 Å². The summed E-state index contributed by atoms with van der Waals surface area (Å²) >= 11 is 0. The van der Waals surface area contributed by atoms with Gasteiger partial charge in [-0.3, -0.25) is 24.1 Å². The minimum Gasteiger partial charge on any atom is -0.339 e. The number of imide groups is 1. The van der Waals surface area contributed by atoms with Gasteiger partial charge in [-0.05, 0) is 12.1 Å². The van der Waals surface area contributed by atoms with Crippen LogP contribution < -0.4 is 0 Å². The number of piperazine rings is 1. The monoisotopic (exact) mass is 383 g/mol. The van der Waals surface area contributed by atoms with Gasteiger partial charge in [0.25, 0.3) is 11.8 Å². The molecule has 4 amide bonds. The molecule has 1 aromatic rings. The van der Waals surface area contributed by atoms with Gasteiger partial charge in [0.1, 0.15) is 0 Å². The minimum atomic E-state index is -4.93. The van der Waals surface area contributed by atoms with Crippen LogP contribution in [0.5, 0.6) is 0 Å². The summed E-state index contributed by atoms with van der Waals surface area (Å²) < 4.78 is 37.3. The number of halogens is 3. The molecule has 2 aliphatic heterocycles. The lowest BCUT2D eigenvalue weighted by molar-refractivity contribution is -0.187. The van der Waals surface area contributed by atoms with Gasteiger partial charge in [-0.25, -0.2) is 0 Å². The molecule has 27 heavy (non-hydrogen) atoms. The molecule has 0 atom stereocenters. The maximum atomic E-state index is 12.4. The number of carbonyl (C=O) groups excluding carboxylic acids is 4. The molecular formula is C17H16F3N3O4. The minimum absolute atomic E-state index is 0.0250. The van der Waals surface area contributed by atoms with Crippen LogP contribution in [0.2, 0.25) is 0 Å². The molecule has 0 radical (unpaired) electrons. The molecule has 0 saturated carbocycles. The highest BCUT2D eigenvalue weighted by Crippen LogP contribution is 2.23. The predicted molar refractivity (Wildman–Crippen MR) is 85.6 cm³/mol. The van der Waals surface area contributed by atoms with Gasteiger partial charge in [-0.15, -0.1) is 0 Å². The molecule has 144 valence electrons. The Labute approximate surface area is 152 Å².